The van der Waals surface area contributed by atoms with E-state index in [1.165, 1.54) is 43.8 Å². The lowest BCUT2D eigenvalue weighted by atomic mass is 9.77. The fourth-order valence-electron chi connectivity index (χ4n) is 7.11. The van der Waals surface area contributed by atoms with E-state index in [-0.39, 0.29) is 10.8 Å². The smallest absolute Gasteiger partial charge is 0.169 e. The van der Waals surface area contributed by atoms with Gasteiger partial charge in [-0.2, -0.15) is 0 Å². The Morgan fingerprint density at radius 2 is 1.48 bits per heavy atom. The first-order chi connectivity index (χ1) is 19.9. The monoisotopic (exact) mass is 632 g/mol. The third kappa shape index (κ3) is 4.71. The fraction of sp³-hybridized carbons (Fsp3) is 0.444. The zero-order valence-corrected chi connectivity index (χ0v) is 28.2. The molecule has 5 rings (SSSR count). The summed E-state index contributed by atoms with van der Waals surface area (Å²) in [6.07, 6.45) is 11.1. The maximum Gasteiger partial charge on any atom is 0.169 e. The van der Waals surface area contributed by atoms with Crippen molar-refractivity contribution in [2.45, 2.75) is 70.9 Å². The van der Waals surface area contributed by atoms with Gasteiger partial charge in [-0.1, -0.05) is 55.8 Å². The molecule has 2 aliphatic heterocycles. The van der Waals surface area contributed by atoms with Crippen LogP contribution in [0.15, 0.2) is 82.0 Å². The van der Waals surface area contributed by atoms with E-state index >= 15 is 0 Å². The van der Waals surface area contributed by atoms with Crippen molar-refractivity contribution in [2.75, 3.05) is 44.2 Å². The molecule has 6 heteroatoms. The number of ether oxygens (including phenoxy) is 3. The molecule has 224 valence electrons. The second kappa shape index (κ2) is 11.3. The lowest BCUT2D eigenvalue weighted by Gasteiger charge is -2.43. The SMILES string of the molecule is CCOc1ccc2c(c1)C(C)(C)/C(=C/C=C1\CCC(/C=C/C3(OC)N(C)c4ccc(OCC)cc4C3(C)C)=C1Br)N2C. The van der Waals surface area contributed by atoms with Crippen molar-refractivity contribution in [1.82, 2.24) is 0 Å². The summed E-state index contributed by atoms with van der Waals surface area (Å²) in [6, 6.07) is 12.8. The first-order valence-corrected chi connectivity index (χ1v) is 15.8. The molecule has 2 aromatic carbocycles. The van der Waals surface area contributed by atoms with E-state index in [4.69, 9.17) is 14.2 Å². The van der Waals surface area contributed by atoms with Crippen molar-refractivity contribution in [3.05, 3.63) is 93.2 Å². The number of hydrogen-bond acceptors (Lipinski definition) is 5. The van der Waals surface area contributed by atoms with E-state index in [9.17, 15) is 0 Å². The minimum atomic E-state index is -0.627. The van der Waals surface area contributed by atoms with Crippen LogP contribution in [0.4, 0.5) is 11.4 Å². The number of fused-ring (bicyclic) bond motifs is 2. The molecule has 0 aromatic heterocycles. The summed E-state index contributed by atoms with van der Waals surface area (Å²) in [6.45, 7) is 14.5. The summed E-state index contributed by atoms with van der Waals surface area (Å²) in [4.78, 5) is 4.57. The van der Waals surface area contributed by atoms with Crippen LogP contribution in [-0.2, 0) is 15.6 Å². The second-order valence-corrected chi connectivity index (χ2v) is 13.2. The molecule has 0 saturated heterocycles. The van der Waals surface area contributed by atoms with Gasteiger partial charge in [-0.3, -0.25) is 0 Å². The van der Waals surface area contributed by atoms with Gasteiger partial charge in [0.2, 0.25) is 0 Å². The molecule has 2 heterocycles. The molecule has 0 N–H and O–H groups in total. The van der Waals surface area contributed by atoms with Crippen LogP contribution in [0.25, 0.3) is 0 Å². The third-order valence-corrected chi connectivity index (χ3v) is 10.5. The molecule has 0 spiro atoms. The van der Waals surface area contributed by atoms with Crippen LogP contribution >= 0.6 is 15.9 Å². The fourth-order valence-corrected chi connectivity index (χ4v) is 7.77. The first-order valence-electron chi connectivity index (χ1n) is 15.0. The molecule has 42 heavy (non-hydrogen) atoms. The normalized spacial score (nSPS) is 24.3. The highest BCUT2D eigenvalue weighted by molar-refractivity contribution is 9.12. The Balaban J connectivity index is 1.43. The van der Waals surface area contributed by atoms with Crippen LogP contribution < -0.4 is 19.3 Å². The summed E-state index contributed by atoms with van der Waals surface area (Å²) < 4.78 is 19.2. The molecule has 1 aliphatic carbocycles. The average molecular weight is 634 g/mol. The Labute approximate surface area is 260 Å². The predicted octanol–water partition coefficient (Wildman–Crippen LogP) is 8.79. The molecule has 0 fully saturated rings. The van der Waals surface area contributed by atoms with E-state index in [1.807, 2.05) is 27.0 Å². The summed E-state index contributed by atoms with van der Waals surface area (Å²) in [5, 5.41) is 0. The van der Waals surface area contributed by atoms with E-state index < -0.39 is 5.72 Å². The predicted molar refractivity (Wildman–Crippen MR) is 178 cm³/mol. The molecular weight excluding hydrogens is 588 g/mol. The highest BCUT2D eigenvalue weighted by atomic mass is 79.9. The summed E-state index contributed by atoms with van der Waals surface area (Å²) >= 11 is 3.96. The minimum Gasteiger partial charge on any atom is -0.494 e. The van der Waals surface area contributed by atoms with Gasteiger partial charge in [-0.25, -0.2) is 0 Å². The largest absolute Gasteiger partial charge is 0.494 e. The number of anilines is 2. The van der Waals surface area contributed by atoms with Crippen molar-refractivity contribution in [3.63, 3.8) is 0 Å². The topological polar surface area (TPSA) is 34.2 Å². The van der Waals surface area contributed by atoms with Crippen LogP contribution in [0.3, 0.4) is 0 Å². The Morgan fingerprint density at radius 3 is 2.10 bits per heavy atom. The minimum absolute atomic E-state index is 0.119. The van der Waals surface area contributed by atoms with Gasteiger partial charge >= 0.3 is 0 Å². The second-order valence-electron chi connectivity index (χ2n) is 12.4. The number of nitrogens with zero attached hydrogens (tertiary/aromatic N) is 2. The molecule has 0 bridgehead atoms. The van der Waals surface area contributed by atoms with Crippen molar-refractivity contribution in [3.8, 4) is 11.5 Å². The molecule has 0 radical (unpaired) electrons. The van der Waals surface area contributed by atoms with Crippen molar-refractivity contribution >= 4 is 27.3 Å². The Hall–Kier alpha value is -2.96. The van der Waals surface area contributed by atoms with Gasteiger partial charge in [0.15, 0.2) is 5.72 Å². The van der Waals surface area contributed by atoms with Crippen molar-refractivity contribution in [1.29, 1.82) is 0 Å². The highest BCUT2D eigenvalue weighted by Gasteiger charge is 2.55. The maximum absolute atomic E-state index is 6.36. The Bertz CT molecular complexity index is 1500. The van der Waals surface area contributed by atoms with Gasteiger partial charge in [-0.05, 0) is 97.5 Å². The number of methoxy groups -OCH3 is 1. The lowest BCUT2D eigenvalue weighted by molar-refractivity contribution is -0.0129. The number of likely N-dealkylation sites (N-methyl/N-ethyl adjacent to an activating group) is 2. The van der Waals surface area contributed by atoms with E-state index in [1.54, 1.807) is 0 Å². The van der Waals surface area contributed by atoms with Gasteiger partial charge in [0.1, 0.15) is 11.5 Å². The summed E-state index contributed by atoms with van der Waals surface area (Å²) in [5.41, 5.74) is 7.77. The van der Waals surface area contributed by atoms with Gasteiger partial charge in [0.05, 0.1) is 13.2 Å². The third-order valence-electron chi connectivity index (χ3n) is 9.51. The van der Waals surface area contributed by atoms with Gasteiger partial charge in [-0.15, -0.1) is 0 Å². The number of hydrogen-bond donors (Lipinski definition) is 0. The molecule has 0 amide bonds. The standard InChI is InChI=1S/C36H45BrN2O3/c1-10-41-26-15-17-30-28(22-26)34(3,4)32(38(30)7)19-14-24-12-13-25(33(24)37)20-21-36(40-9)35(5,6)29-23-27(42-11-2)16-18-31(29)39(36)8/h14-23H,10-13H2,1-9H3/b21-20+,24-14+,32-19-. The zero-order valence-electron chi connectivity index (χ0n) is 26.6. The van der Waals surface area contributed by atoms with Crippen molar-refractivity contribution < 1.29 is 14.2 Å². The molecule has 5 nitrogen and oxygen atoms in total. The first kappa shape index (κ1) is 30.5. The van der Waals surface area contributed by atoms with Crippen LogP contribution in [0.1, 0.15) is 65.5 Å². The molecule has 0 saturated carbocycles. The van der Waals surface area contributed by atoms with Gasteiger partial charge < -0.3 is 24.0 Å². The molecular formula is C36H45BrN2O3. The van der Waals surface area contributed by atoms with Crippen LogP contribution in [0.2, 0.25) is 0 Å². The van der Waals surface area contributed by atoms with Crippen LogP contribution in [0.5, 0.6) is 11.5 Å². The molecule has 2 aromatic rings. The van der Waals surface area contributed by atoms with E-state index in [0.717, 1.165) is 24.3 Å². The number of rotatable bonds is 8. The molecule has 3 aliphatic rings. The Morgan fingerprint density at radius 1 is 0.857 bits per heavy atom. The number of allylic oxidation sites excluding steroid dienone is 7. The van der Waals surface area contributed by atoms with Gasteiger partial charge in [0.25, 0.3) is 0 Å². The summed E-state index contributed by atoms with van der Waals surface area (Å²) in [7, 11) is 6.08. The quantitative estimate of drug-likeness (QED) is 0.290. The zero-order chi connectivity index (χ0) is 30.4. The number of halogens is 1. The van der Waals surface area contributed by atoms with E-state index in [2.05, 4.69) is 122 Å². The van der Waals surface area contributed by atoms with Crippen LogP contribution in [0, 0.1) is 0 Å². The molecule has 1 atom stereocenters. The molecule has 1 unspecified atom stereocenters. The van der Waals surface area contributed by atoms with E-state index in [0.29, 0.717) is 13.2 Å². The van der Waals surface area contributed by atoms with Crippen molar-refractivity contribution in [2.24, 2.45) is 0 Å². The van der Waals surface area contributed by atoms with Gasteiger partial charge in [0, 0.05) is 53.6 Å². The number of benzene rings is 2. The highest BCUT2D eigenvalue weighted by Crippen LogP contribution is 2.53. The average Bonchev–Trinajstić information content (AvgIpc) is 3.46. The van der Waals surface area contributed by atoms with Crippen LogP contribution in [-0.4, -0.2) is 40.1 Å². The summed E-state index contributed by atoms with van der Waals surface area (Å²) in [5.74, 6) is 1.82. The Kier molecular flexibility index (Phi) is 8.19. The maximum atomic E-state index is 6.36. The lowest BCUT2D eigenvalue weighted by Crippen LogP contribution is -2.54.